The van der Waals surface area contributed by atoms with E-state index in [-0.39, 0.29) is 17.3 Å². The van der Waals surface area contributed by atoms with Crippen LogP contribution in [0.4, 0.5) is 5.69 Å². The summed E-state index contributed by atoms with van der Waals surface area (Å²) in [4.78, 5) is 13.9. The lowest BCUT2D eigenvalue weighted by atomic mass is 10.1. The largest absolute Gasteiger partial charge is 0.351 e. The van der Waals surface area contributed by atoms with E-state index in [9.17, 15) is 13.2 Å². The van der Waals surface area contributed by atoms with E-state index in [1.807, 2.05) is 37.3 Å². The minimum Gasteiger partial charge on any atom is -0.351 e. The Hall–Kier alpha value is -3.26. The third kappa shape index (κ3) is 6.95. The summed E-state index contributed by atoms with van der Waals surface area (Å²) in [5.41, 5.74) is 2.56. The van der Waals surface area contributed by atoms with Gasteiger partial charge in [0.15, 0.2) is 0 Å². The molecule has 0 saturated heterocycles. The third-order valence-electron chi connectivity index (χ3n) is 5.71. The highest BCUT2D eigenvalue weighted by Gasteiger charge is 2.26. The van der Waals surface area contributed by atoms with Crippen LogP contribution in [0.3, 0.4) is 0 Å². The average Bonchev–Trinajstić information content (AvgIpc) is 2.92. The van der Waals surface area contributed by atoms with E-state index in [0.29, 0.717) is 22.8 Å². The van der Waals surface area contributed by atoms with Gasteiger partial charge in [-0.3, -0.25) is 9.10 Å². The molecule has 0 aliphatic heterocycles. The molecule has 0 radical (unpaired) electrons. The van der Waals surface area contributed by atoms with Crippen LogP contribution in [0.5, 0.6) is 0 Å². The number of hydrogen-bond donors (Lipinski definition) is 1. The monoisotopic (exact) mass is 550 g/mol. The molecule has 0 aliphatic carbocycles. The van der Waals surface area contributed by atoms with Gasteiger partial charge < -0.3 is 5.32 Å². The van der Waals surface area contributed by atoms with Gasteiger partial charge in [-0.1, -0.05) is 66.2 Å². The highest BCUT2D eigenvalue weighted by molar-refractivity contribution is 7.99. The van der Waals surface area contributed by atoms with Gasteiger partial charge in [0.1, 0.15) is 0 Å². The zero-order chi connectivity index (χ0) is 26.3. The van der Waals surface area contributed by atoms with Gasteiger partial charge in [-0.15, -0.1) is 11.8 Å². The van der Waals surface area contributed by atoms with E-state index < -0.39 is 10.0 Å². The summed E-state index contributed by atoms with van der Waals surface area (Å²) >= 11 is 7.92. The first-order chi connectivity index (χ1) is 17.8. The molecule has 0 fully saturated rings. The number of amides is 1. The third-order valence-corrected chi connectivity index (χ3v) is 8.74. The Kier molecular flexibility index (Phi) is 8.92. The van der Waals surface area contributed by atoms with Crippen molar-refractivity contribution >= 4 is 45.0 Å². The predicted octanol–water partition coefficient (Wildman–Crippen LogP) is 6.57. The van der Waals surface area contributed by atoms with E-state index >= 15 is 0 Å². The van der Waals surface area contributed by atoms with Gasteiger partial charge in [-0.25, -0.2) is 8.42 Å². The van der Waals surface area contributed by atoms with Crippen molar-refractivity contribution in [1.29, 1.82) is 0 Å². The second-order valence-electron chi connectivity index (χ2n) is 8.37. The first-order valence-electron chi connectivity index (χ1n) is 11.7. The molecule has 0 aromatic heterocycles. The topological polar surface area (TPSA) is 66.5 Å². The fourth-order valence-electron chi connectivity index (χ4n) is 3.75. The summed E-state index contributed by atoms with van der Waals surface area (Å²) in [6, 6.07) is 30.5. The molecular weight excluding hydrogens is 524 g/mol. The molecule has 4 aromatic carbocycles. The van der Waals surface area contributed by atoms with Crippen LogP contribution in [0, 0.1) is 6.92 Å². The Labute approximate surface area is 227 Å². The first kappa shape index (κ1) is 26.8. The minimum atomic E-state index is -3.86. The number of rotatable bonds is 10. The highest BCUT2D eigenvalue weighted by Crippen LogP contribution is 2.31. The van der Waals surface area contributed by atoms with Gasteiger partial charge in [0.05, 0.1) is 17.1 Å². The van der Waals surface area contributed by atoms with Gasteiger partial charge >= 0.3 is 0 Å². The Morgan fingerprint density at radius 1 is 0.892 bits per heavy atom. The second kappa shape index (κ2) is 12.3. The summed E-state index contributed by atoms with van der Waals surface area (Å²) in [6.45, 7) is 2.48. The Morgan fingerprint density at radius 2 is 1.54 bits per heavy atom. The average molecular weight is 551 g/mol. The van der Waals surface area contributed by atoms with Crippen LogP contribution in [0.25, 0.3) is 0 Å². The molecule has 0 unspecified atom stereocenters. The molecule has 5 nitrogen and oxygen atoms in total. The van der Waals surface area contributed by atoms with Crippen LogP contribution >= 0.6 is 23.4 Å². The standard InChI is InChI=1S/C29H27ClN2O3S2/c1-22-12-17-25(30)20-28(22)32(37(34,35)27-10-6-3-7-11-27)21-23-13-15-24(16-14-23)29(33)31-18-19-36-26-8-4-2-5-9-26/h2-17,20H,18-19,21H2,1H3,(H,31,33). The number of carbonyl (C=O) groups is 1. The summed E-state index contributed by atoms with van der Waals surface area (Å²) < 4.78 is 28.6. The van der Waals surface area contributed by atoms with Crippen LogP contribution in [0.1, 0.15) is 21.5 Å². The smallest absolute Gasteiger partial charge is 0.264 e. The number of sulfonamides is 1. The molecule has 0 bridgehead atoms. The van der Waals surface area contributed by atoms with Gasteiger partial charge in [0.2, 0.25) is 0 Å². The molecule has 0 saturated carbocycles. The quantitative estimate of drug-likeness (QED) is 0.179. The van der Waals surface area contributed by atoms with E-state index in [4.69, 9.17) is 11.6 Å². The fourth-order valence-corrected chi connectivity index (χ4v) is 6.24. The van der Waals surface area contributed by atoms with E-state index in [0.717, 1.165) is 21.8 Å². The Balaban J connectivity index is 1.48. The number of anilines is 1. The minimum absolute atomic E-state index is 0.0913. The lowest BCUT2D eigenvalue weighted by Gasteiger charge is -2.26. The Bertz CT molecular complexity index is 1450. The lowest BCUT2D eigenvalue weighted by molar-refractivity contribution is 0.0956. The fraction of sp³-hybridized carbons (Fsp3) is 0.138. The van der Waals surface area contributed by atoms with Crippen LogP contribution in [-0.4, -0.2) is 26.6 Å². The van der Waals surface area contributed by atoms with E-state index in [1.165, 1.54) is 4.31 Å². The van der Waals surface area contributed by atoms with Crippen molar-refractivity contribution in [3.05, 3.63) is 125 Å². The number of nitrogens with one attached hydrogen (secondary N) is 1. The summed E-state index contributed by atoms with van der Waals surface area (Å²) in [5, 5.41) is 3.38. The summed E-state index contributed by atoms with van der Waals surface area (Å²) in [5.74, 6) is 0.596. The molecule has 0 heterocycles. The van der Waals surface area contributed by atoms with Crippen LogP contribution in [-0.2, 0) is 16.6 Å². The number of halogens is 1. The van der Waals surface area contributed by atoms with E-state index in [2.05, 4.69) is 5.32 Å². The Morgan fingerprint density at radius 3 is 2.22 bits per heavy atom. The number of nitrogens with zero attached hydrogens (tertiary/aromatic N) is 1. The van der Waals surface area contributed by atoms with Crippen molar-refractivity contribution in [2.45, 2.75) is 23.3 Å². The second-order valence-corrected chi connectivity index (χ2v) is 11.8. The first-order valence-corrected chi connectivity index (χ1v) is 14.5. The SMILES string of the molecule is Cc1ccc(Cl)cc1N(Cc1ccc(C(=O)NCCSc2ccccc2)cc1)S(=O)(=O)c1ccccc1. The zero-order valence-corrected chi connectivity index (χ0v) is 22.7. The molecule has 190 valence electrons. The number of aryl methyl sites for hydroxylation is 1. The number of thioether (sulfide) groups is 1. The van der Waals surface area contributed by atoms with Crippen molar-refractivity contribution < 1.29 is 13.2 Å². The van der Waals surface area contributed by atoms with Gasteiger partial charge in [0, 0.05) is 27.8 Å². The maximum absolute atomic E-state index is 13.6. The van der Waals surface area contributed by atoms with Crippen LogP contribution < -0.4 is 9.62 Å². The molecule has 8 heteroatoms. The molecule has 0 atom stereocenters. The molecule has 0 aliphatic rings. The molecule has 0 spiro atoms. The molecular formula is C29H27ClN2O3S2. The molecule has 1 amide bonds. The number of carbonyl (C=O) groups excluding carboxylic acids is 1. The maximum atomic E-state index is 13.6. The van der Waals surface area contributed by atoms with Crippen molar-refractivity contribution in [2.24, 2.45) is 0 Å². The zero-order valence-electron chi connectivity index (χ0n) is 20.3. The highest BCUT2D eigenvalue weighted by atomic mass is 35.5. The number of benzene rings is 4. The molecule has 37 heavy (non-hydrogen) atoms. The van der Waals surface area contributed by atoms with Gasteiger partial charge in [0.25, 0.3) is 15.9 Å². The van der Waals surface area contributed by atoms with Crippen LogP contribution in [0.2, 0.25) is 5.02 Å². The normalized spacial score (nSPS) is 11.2. The van der Waals surface area contributed by atoms with Crippen LogP contribution in [0.15, 0.2) is 113 Å². The van der Waals surface area contributed by atoms with Crippen molar-refractivity contribution in [3.63, 3.8) is 0 Å². The molecule has 4 aromatic rings. The van der Waals surface area contributed by atoms with Crippen molar-refractivity contribution in [1.82, 2.24) is 5.32 Å². The van der Waals surface area contributed by atoms with Crippen molar-refractivity contribution in [3.8, 4) is 0 Å². The predicted molar refractivity (Wildman–Crippen MR) is 152 cm³/mol. The number of hydrogen-bond acceptors (Lipinski definition) is 4. The van der Waals surface area contributed by atoms with Crippen molar-refractivity contribution in [2.75, 3.05) is 16.6 Å². The molecule has 4 rings (SSSR count). The maximum Gasteiger partial charge on any atom is 0.264 e. The summed E-state index contributed by atoms with van der Waals surface area (Å²) in [7, 11) is -3.86. The van der Waals surface area contributed by atoms with Gasteiger partial charge in [-0.2, -0.15) is 0 Å². The van der Waals surface area contributed by atoms with E-state index in [1.54, 1.807) is 84.6 Å². The molecule has 1 N–H and O–H groups in total. The van der Waals surface area contributed by atoms with Gasteiger partial charge in [-0.05, 0) is 66.6 Å². The summed E-state index contributed by atoms with van der Waals surface area (Å²) in [6.07, 6.45) is 0. The lowest BCUT2D eigenvalue weighted by Crippen LogP contribution is -2.31.